The molecular weight excluding hydrogens is 322 g/mol. The molecule has 0 aliphatic rings. The van der Waals surface area contributed by atoms with Crippen molar-refractivity contribution >= 4 is 27.4 Å². The van der Waals surface area contributed by atoms with Crippen LogP contribution >= 0.6 is 11.3 Å². The number of anilines is 1. The number of aliphatic hydroxyl groups is 2. The highest BCUT2D eigenvalue weighted by Gasteiger charge is 2.18. The molecule has 0 aliphatic heterocycles. The number of aromatic nitrogens is 2. The number of rotatable bonds is 6. The van der Waals surface area contributed by atoms with Crippen LogP contribution in [-0.2, 0) is 0 Å². The second-order valence-corrected chi connectivity index (χ2v) is 6.64. The topological polar surface area (TPSA) is 69.5 Å². The van der Waals surface area contributed by atoms with Crippen molar-refractivity contribution in [3.05, 3.63) is 41.0 Å². The maximum atomic E-state index is 9.34. The van der Waals surface area contributed by atoms with Crippen LogP contribution in [0.2, 0.25) is 0 Å². The van der Waals surface area contributed by atoms with E-state index < -0.39 is 0 Å². The lowest BCUT2D eigenvalue weighted by Crippen LogP contribution is -2.30. The van der Waals surface area contributed by atoms with Gasteiger partial charge in [0.25, 0.3) is 0 Å². The van der Waals surface area contributed by atoms with E-state index in [0.29, 0.717) is 13.1 Å². The molecule has 2 aromatic heterocycles. The van der Waals surface area contributed by atoms with Gasteiger partial charge in [0.15, 0.2) is 0 Å². The number of aryl methyl sites for hydroxylation is 2. The molecule has 0 bridgehead atoms. The zero-order valence-electron chi connectivity index (χ0n) is 13.9. The fourth-order valence-corrected chi connectivity index (χ4v) is 3.88. The Labute approximate surface area is 145 Å². The summed E-state index contributed by atoms with van der Waals surface area (Å²) in [6.45, 7) is 5.06. The Bertz CT molecular complexity index is 841. The molecule has 1 aromatic carbocycles. The number of hydrogen-bond acceptors (Lipinski definition) is 6. The molecule has 126 valence electrons. The van der Waals surface area contributed by atoms with Gasteiger partial charge < -0.3 is 15.1 Å². The number of aliphatic hydroxyl groups excluding tert-OH is 2. The molecule has 2 heterocycles. The van der Waals surface area contributed by atoms with Gasteiger partial charge in [-0.05, 0) is 25.0 Å². The van der Waals surface area contributed by atoms with Gasteiger partial charge in [0.2, 0.25) is 0 Å². The minimum absolute atomic E-state index is 0.00846. The van der Waals surface area contributed by atoms with E-state index in [9.17, 15) is 10.2 Å². The van der Waals surface area contributed by atoms with Crippen molar-refractivity contribution in [2.75, 3.05) is 31.2 Å². The van der Waals surface area contributed by atoms with E-state index in [1.54, 1.807) is 17.7 Å². The predicted molar refractivity (Wildman–Crippen MR) is 98.7 cm³/mol. The SMILES string of the molecule is Cc1ccc(-c2csc3ncnc(N(CCO)CCO)c23)c(C)c1. The highest BCUT2D eigenvalue weighted by molar-refractivity contribution is 7.17. The van der Waals surface area contributed by atoms with Crippen molar-refractivity contribution in [1.29, 1.82) is 0 Å². The maximum absolute atomic E-state index is 9.34. The molecule has 0 saturated heterocycles. The van der Waals surface area contributed by atoms with E-state index >= 15 is 0 Å². The highest BCUT2D eigenvalue weighted by atomic mass is 32.1. The summed E-state index contributed by atoms with van der Waals surface area (Å²) in [5.41, 5.74) is 4.70. The summed E-state index contributed by atoms with van der Waals surface area (Å²) >= 11 is 1.59. The van der Waals surface area contributed by atoms with Crippen molar-refractivity contribution in [2.45, 2.75) is 13.8 Å². The fraction of sp³-hybridized carbons (Fsp3) is 0.333. The third-order valence-corrected chi connectivity index (χ3v) is 4.95. The predicted octanol–water partition coefficient (Wildman–Crippen LogP) is 2.77. The molecule has 5 nitrogen and oxygen atoms in total. The zero-order valence-corrected chi connectivity index (χ0v) is 14.7. The first-order valence-electron chi connectivity index (χ1n) is 7.92. The van der Waals surface area contributed by atoms with Crippen LogP contribution in [0.1, 0.15) is 11.1 Å². The van der Waals surface area contributed by atoms with Crippen molar-refractivity contribution < 1.29 is 10.2 Å². The van der Waals surface area contributed by atoms with E-state index in [0.717, 1.165) is 27.2 Å². The number of hydrogen-bond donors (Lipinski definition) is 2. The fourth-order valence-electron chi connectivity index (χ4n) is 2.98. The van der Waals surface area contributed by atoms with Gasteiger partial charge in [-0.15, -0.1) is 11.3 Å². The van der Waals surface area contributed by atoms with Crippen LogP contribution in [0.15, 0.2) is 29.9 Å². The van der Waals surface area contributed by atoms with Gasteiger partial charge >= 0.3 is 0 Å². The van der Waals surface area contributed by atoms with Crippen molar-refractivity contribution in [3.63, 3.8) is 0 Å². The first kappa shape index (κ1) is 16.8. The monoisotopic (exact) mass is 343 g/mol. The molecule has 6 heteroatoms. The van der Waals surface area contributed by atoms with Crippen LogP contribution < -0.4 is 4.90 Å². The summed E-state index contributed by atoms with van der Waals surface area (Å²) in [5, 5.41) is 21.8. The first-order chi connectivity index (χ1) is 11.7. The Morgan fingerprint density at radius 1 is 1.04 bits per heavy atom. The molecule has 0 amide bonds. The lowest BCUT2D eigenvalue weighted by molar-refractivity contribution is 0.281. The van der Waals surface area contributed by atoms with Crippen molar-refractivity contribution in [1.82, 2.24) is 9.97 Å². The van der Waals surface area contributed by atoms with Crippen molar-refractivity contribution in [2.24, 2.45) is 0 Å². The van der Waals surface area contributed by atoms with Gasteiger partial charge in [0, 0.05) is 24.0 Å². The lowest BCUT2D eigenvalue weighted by Gasteiger charge is -2.23. The molecule has 0 radical (unpaired) electrons. The Balaban J connectivity index is 2.20. The average Bonchev–Trinajstić information content (AvgIpc) is 2.99. The van der Waals surface area contributed by atoms with Gasteiger partial charge in [-0.3, -0.25) is 0 Å². The maximum Gasteiger partial charge on any atom is 0.141 e. The molecule has 0 aliphatic carbocycles. The molecule has 0 saturated carbocycles. The molecule has 2 N–H and O–H groups in total. The summed E-state index contributed by atoms with van der Waals surface area (Å²) in [4.78, 5) is 11.7. The summed E-state index contributed by atoms with van der Waals surface area (Å²) in [6, 6.07) is 6.40. The summed E-state index contributed by atoms with van der Waals surface area (Å²) in [6.07, 6.45) is 1.54. The first-order valence-corrected chi connectivity index (χ1v) is 8.80. The Hall–Kier alpha value is -2.02. The number of nitrogens with zero attached hydrogens (tertiary/aromatic N) is 3. The Morgan fingerprint density at radius 3 is 2.46 bits per heavy atom. The van der Waals surface area contributed by atoms with Crippen LogP contribution in [-0.4, -0.2) is 46.5 Å². The second kappa shape index (κ2) is 7.25. The van der Waals surface area contributed by atoms with E-state index in [1.807, 2.05) is 4.90 Å². The molecule has 0 spiro atoms. The second-order valence-electron chi connectivity index (χ2n) is 5.78. The summed E-state index contributed by atoms with van der Waals surface area (Å²) < 4.78 is 0. The summed E-state index contributed by atoms with van der Waals surface area (Å²) in [5.74, 6) is 0.763. The van der Waals surface area contributed by atoms with E-state index in [2.05, 4.69) is 47.4 Å². The third kappa shape index (κ3) is 3.13. The van der Waals surface area contributed by atoms with Crippen LogP contribution in [0, 0.1) is 13.8 Å². The Kier molecular flexibility index (Phi) is 5.08. The summed E-state index contributed by atoms with van der Waals surface area (Å²) in [7, 11) is 0. The van der Waals surface area contributed by atoms with E-state index in [1.165, 1.54) is 11.1 Å². The average molecular weight is 343 g/mol. The zero-order chi connectivity index (χ0) is 17.1. The van der Waals surface area contributed by atoms with Crippen LogP contribution in [0.25, 0.3) is 21.3 Å². The van der Waals surface area contributed by atoms with Crippen LogP contribution in [0.3, 0.4) is 0 Å². The van der Waals surface area contributed by atoms with E-state index in [4.69, 9.17) is 0 Å². The minimum atomic E-state index is 0.00846. The molecule has 0 fully saturated rings. The lowest BCUT2D eigenvalue weighted by atomic mass is 9.99. The number of fused-ring (bicyclic) bond motifs is 1. The smallest absolute Gasteiger partial charge is 0.141 e. The standard InChI is InChI=1S/C18H21N3O2S/c1-12-3-4-14(13(2)9-12)15-10-24-18-16(15)17(19-11-20-18)21(5-7-22)6-8-23/h3-4,9-11,22-23H,5-8H2,1-2H3. The van der Waals surface area contributed by atoms with Gasteiger partial charge in [0.1, 0.15) is 17.0 Å². The van der Waals surface area contributed by atoms with Gasteiger partial charge in [0.05, 0.1) is 18.6 Å². The largest absolute Gasteiger partial charge is 0.395 e. The van der Waals surface area contributed by atoms with Gasteiger partial charge in [-0.1, -0.05) is 23.8 Å². The van der Waals surface area contributed by atoms with Crippen LogP contribution in [0.5, 0.6) is 0 Å². The van der Waals surface area contributed by atoms with Gasteiger partial charge in [-0.25, -0.2) is 9.97 Å². The molecule has 24 heavy (non-hydrogen) atoms. The number of thiophene rings is 1. The highest BCUT2D eigenvalue weighted by Crippen LogP contribution is 2.39. The third-order valence-electron chi connectivity index (χ3n) is 4.06. The quantitative estimate of drug-likeness (QED) is 0.720. The normalized spacial score (nSPS) is 11.2. The minimum Gasteiger partial charge on any atom is -0.395 e. The van der Waals surface area contributed by atoms with Gasteiger partial charge in [-0.2, -0.15) is 0 Å². The van der Waals surface area contributed by atoms with E-state index in [-0.39, 0.29) is 13.2 Å². The number of benzene rings is 1. The molecule has 0 atom stereocenters. The van der Waals surface area contributed by atoms with Crippen molar-refractivity contribution in [3.8, 4) is 11.1 Å². The molecule has 3 aromatic rings. The Morgan fingerprint density at radius 2 is 1.79 bits per heavy atom. The molecule has 3 rings (SSSR count). The van der Waals surface area contributed by atoms with Crippen LogP contribution in [0.4, 0.5) is 5.82 Å². The molecule has 0 unspecified atom stereocenters. The molecular formula is C18H21N3O2S.